The van der Waals surface area contributed by atoms with Gasteiger partial charge in [-0.1, -0.05) is 12.8 Å². The third kappa shape index (κ3) is 2.62. The zero-order valence-electron chi connectivity index (χ0n) is 10.4. The molecule has 1 aromatic rings. The van der Waals surface area contributed by atoms with Crippen molar-refractivity contribution < 1.29 is 4.74 Å². The predicted octanol–water partition coefficient (Wildman–Crippen LogP) is 2.23. The summed E-state index contributed by atoms with van der Waals surface area (Å²) in [7, 11) is 0. The highest BCUT2D eigenvalue weighted by Gasteiger charge is 2.23. The second kappa shape index (κ2) is 5.45. The van der Waals surface area contributed by atoms with Gasteiger partial charge < -0.3 is 9.72 Å². The number of ether oxygens (including phenoxy) is 1. The van der Waals surface area contributed by atoms with Gasteiger partial charge in [0.1, 0.15) is 11.9 Å². The number of thioether (sulfide) groups is 1. The molecule has 1 N–H and O–H groups in total. The van der Waals surface area contributed by atoms with Crippen LogP contribution in [-0.2, 0) is 4.74 Å². The molecule has 1 aliphatic carbocycles. The molecule has 4 nitrogen and oxygen atoms in total. The van der Waals surface area contributed by atoms with Gasteiger partial charge in [0.05, 0.1) is 12.3 Å². The molecule has 0 aromatic carbocycles. The molecule has 2 aliphatic rings. The molecule has 0 amide bonds. The van der Waals surface area contributed by atoms with E-state index in [1.165, 1.54) is 12.8 Å². The zero-order valence-corrected chi connectivity index (χ0v) is 11.2. The van der Waals surface area contributed by atoms with Crippen molar-refractivity contribution in [2.45, 2.75) is 37.7 Å². The van der Waals surface area contributed by atoms with Crippen LogP contribution in [0.1, 0.15) is 49.2 Å². The molecule has 0 bridgehead atoms. The van der Waals surface area contributed by atoms with Gasteiger partial charge in [0, 0.05) is 23.5 Å². The van der Waals surface area contributed by atoms with Crippen molar-refractivity contribution in [1.82, 2.24) is 9.97 Å². The molecule has 5 heteroatoms. The second-order valence-corrected chi connectivity index (χ2v) is 6.12. The molecule has 1 aliphatic heterocycles. The molecule has 1 atom stereocenters. The van der Waals surface area contributed by atoms with Crippen LogP contribution in [-0.4, -0.2) is 28.1 Å². The topological polar surface area (TPSA) is 55.0 Å². The number of nitrogens with zero attached hydrogens (tertiary/aromatic N) is 1. The predicted molar refractivity (Wildman–Crippen MR) is 72.1 cm³/mol. The van der Waals surface area contributed by atoms with Gasteiger partial charge in [0.25, 0.3) is 5.56 Å². The molecule has 3 rings (SSSR count). The molecular weight excluding hydrogens is 248 g/mol. The van der Waals surface area contributed by atoms with Crippen LogP contribution in [0.25, 0.3) is 0 Å². The monoisotopic (exact) mass is 266 g/mol. The first kappa shape index (κ1) is 12.2. The first-order chi connectivity index (χ1) is 8.83. The molecule has 18 heavy (non-hydrogen) atoms. The van der Waals surface area contributed by atoms with Gasteiger partial charge in [-0.05, 0) is 12.8 Å². The van der Waals surface area contributed by atoms with E-state index in [4.69, 9.17) is 4.74 Å². The Morgan fingerprint density at radius 2 is 2.22 bits per heavy atom. The van der Waals surface area contributed by atoms with Crippen molar-refractivity contribution in [2.24, 2.45) is 0 Å². The zero-order chi connectivity index (χ0) is 12.4. The highest BCUT2D eigenvalue weighted by molar-refractivity contribution is 7.99. The second-order valence-electron chi connectivity index (χ2n) is 4.97. The van der Waals surface area contributed by atoms with Gasteiger partial charge in [-0.2, -0.15) is 11.8 Å². The van der Waals surface area contributed by atoms with E-state index in [0.29, 0.717) is 5.92 Å². The summed E-state index contributed by atoms with van der Waals surface area (Å²) in [4.78, 5) is 19.2. The summed E-state index contributed by atoms with van der Waals surface area (Å²) in [5.41, 5.74) is 0.923. The standard InChI is InChI=1S/C13H18N2O2S/c16-12-7-10(9-3-1-2-4-9)14-13(15-12)11-8-18-6-5-17-11/h7,9,11H,1-6,8H2,(H,14,15,16). The first-order valence-electron chi connectivity index (χ1n) is 6.63. The number of hydrogen-bond acceptors (Lipinski definition) is 4. The van der Waals surface area contributed by atoms with E-state index in [0.717, 1.165) is 42.5 Å². The van der Waals surface area contributed by atoms with Crippen molar-refractivity contribution in [3.63, 3.8) is 0 Å². The molecule has 2 fully saturated rings. The Balaban J connectivity index is 1.87. The van der Waals surface area contributed by atoms with Crippen LogP contribution in [0.2, 0.25) is 0 Å². The van der Waals surface area contributed by atoms with Crippen LogP contribution in [0.4, 0.5) is 0 Å². The van der Waals surface area contributed by atoms with E-state index in [1.807, 2.05) is 11.8 Å². The van der Waals surface area contributed by atoms with Gasteiger partial charge in [-0.15, -0.1) is 0 Å². The maximum absolute atomic E-state index is 11.8. The third-order valence-corrected chi connectivity index (χ3v) is 4.67. The summed E-state index contributed by atoms with van der Waals surface area (Å²) in [5, 5.41) is 0. The summed E-state index contributed by atoms with van der Waals surface area (Å²) >= 11 is 1.85. The van der Waals surface area contributed by atoms with E-state index in [2.05, 4.69) is 9.97 Å². The fraction of sp³-hybridized carbons (Fsp3) is 0.692. The van der Waals surface area contributed by atoms with Crippen LogP contribution in [0, 0.1) is 0 Å². The fourth-order valence-corrected chi connectivity index (χ4v) is 3.57. The molecule has 1 unspecified atom stereocenters. The van der Waals surface area contributed by atoms with E-state index < -0.39 is 0 Å². The number of H-pyrrole nitrogens is 1. The Labute approximate surface area is 111 Å². The molecule has 0 radical (unpaired) electrons. The minimum absolute atomic E-state index is 0.0407. The largest absolute Gasteiger partial charge is 0.369 e. The summed E-state index contributed by atoms with van der Waals surface area (Å²) < 4.78 is 5.68. The summed E-state index contributed by atoms with van der Waals surface area (Å²) in [6.07, 6.45) is 4.79. The Morgan fingerprint density at radius 3 is 2.94 bits per heavy atom. The molecule has 1 aromatic heterocycles. The quantitative estimate of drug-likeness (QED) is 0.892. The molecule has 98 valence electrons. The Kier molecular flexibility index (Phi) is 3.70. The van der Waals surface area contributed by atoms with Crippen LogP contribution in [0.3, 0.4) is 0 Å². The highest BCUT2D eigenvalue weighted by Crippen LogP contribution is 2.33. The summed E-state index contributed by atoms with van der Waals surface area (Å²) in [6.45, 7) is 0.743. The normalized spacial score (nSPS) is 25.4. The van der Waals surface area contributed by atoms with E-state index >= 15 is 0 Å². The Morgan fingerprint density at radius 1 is 1.39 bits per heavy atom. The van der Waals surface area contributed by atoms with E-state index in [9.17, 15) is 4.79 Å². The van der Waals surface area contributed by atoms with Gasteiger partial charge in [0.2, 0.25) is 0 Å². The maximum Gasteiger partial charge on any atom is 0.251 e. The average molecular weight is 266 g/mol. The third-order valence-electron chi connectivity index (χ3n) is 3.67. The molecule has 0 spiro atoms. The minimum Gasteiger partial charge on any atom is -0.369 e. The maximum atomic E-state index is 11.8. The van der Waals surface area contributed by atoms with E-state index in [-0.39, 0.29) is 11.7 Å². The summed E-state index contributed by atoms with van der Waals surface area (Å²) in [6, 6.07) is 1.66. The van der Waals surface area contributed by atoms with Gasteiger partial charge in [-0.25, -0.2) is 4.98 Å². The van der Waals surface area contributed by atoms with Crippen molar-refractivity contribution in [3.8, 4) is 0 Å². The Hall–Kier alpha value is -0.810. The lowest BCUT2D eigenvalue weighted by atomic mass is 10.0. The van der Waals surface area contributed by atoms with Crippen LogP contribution in [0.15, 0.2) is 10.9 Å². The highest BCUT2D eigenvalue weighted by atomic mass is 32.2. The molecule has 1 saturated heterocycles. The van der Waals surface area contributed by atoms with Crippen LogP contribution in [0.5, 0.6) is 0 Å². The molecular formula is C13H18N2O2S. The molecule has 1 saturated carbocycles. The number of aromatic nitrogens is 2. The van der Waals surface area contributed by atoms with E-state index in [1.54, 1.807) is 6.07 Å². The lowest BCUT2D eigenvalue weighted by molar-refractivity contribution is 0.0690. The Bertz CT molecular complexity index is 462. The number of aromatic amines is 1. The van der Waals surface area contributed by atoms with Gasteiger partial charge in [0.15, 0.2) is 0 Å². The van der Waals surface area contributed by atoms with Gasteiger partial charge >= 0.3 is 0 Å². The fourth-order valence-electron chi connectivity index (χ4n) is 2.72. The molecule has 2 heterocycles. The number of rotatable bonds is 2. The van der Waals surface area contributed by atoms with Crippen molar-refractivity contribution >= 4 is 11.8 Å². The average Bonchev–Trinajstić information content (AvgIpc) is 2.93. The summed E-state index contributed by atoms with van der Waals surface area (Å²) in [5.74, 6) is 3.11. The van der Waals surface area contributed by atoms with Crippen molar-refractivity contribution in [1.29, 1.82) is 0 Å². The number of hydrogen-bond donors (Lipinski definition) is 1. The minimum atomic E-state index is -0.0437. The first-order valence-corrected chi connectivity index (χ1v) is 7.79. The number of nitrogens with one attached hydrogen (secondary N) is 1. The van der Waals surface area contributed by atoms with Crippen LogP contribution >= 0.6 is 11.8 Å². The van der Waals surface area contributed by atoms with Crippen molar-refractivity contribution in [3.05, 3.63) is 27.9 Å². The lowest BCUT2D eigenvalue weighted by Crippen LogP contribution is -2.23. The van der Waals surface area contributed by atoms with Crippen molar-refractivity contribution in [2.75, 3.05) is 18.1 Å². The van der Waals surface area contributed by atoms with Gasteiger partial charge in [-0.3, -0.25) is 4.79 Å². The lowest BCUT2D eigenvalue weighted by Gasteiger charge is -2.22. The van der Waals surface area contributed by atoms with Crippen LogP contribution < -0.4 is 5.56 Å². The smallest absolute Gasteiger partial charge is 0.251 e. The SMILES string of the molecule is O=c1cc(C2CCCC2)nc(C2CSCCO2)[nH]1.